The molecule has 1 heterocycles. The van der Waals surface area contributed by atoms with Gasteiger partial charge in [-0.05, 0) is 39.3 Å². The Morgan fingerprint density at radius 3 is 2.14 bits per heavy atom. The fraction of sp³-hybridized carbons (Fsp3) is 0.933. The minimum atomic E-state index is -0.666. The molecule has 2 N–H and O–H groups in total. The molecule has 124 valence electrons. The van der Waals surface area contributed by atoms with E-state index >= 15 is 0 Å². The van der Waals surface area contributed by atoms with Crippen LogP contribution in [0.25, 0.3) is 0 Å². The van der Waals surface area contributed by atoms with Gasteiger partial charge in [0.1, 0.15) is 5.60 Å². The number of hydrogen-bond donors (Lipinski definition) is 2. The number of ether oxygens (including phenoxy) is 2. The second kappa shape index (κ2) is 6.41. The maximum Gasteiger partial charge on any atom is 0.252 e. The van der Waals surface area contributed by atoms with Crippen molar-refractivity contribution in [2.75, 3.05) is 27.3 Å². The molecule has 2 atom stereocenters. The van der Waals surface area contributed by atoms with Crippen LogP contribution in [0.4, 0.5) is 0 Å². The second-order valence-corrected chi connectivity index (χ2v) is 6.84. The van der Waals surface area contributed by atoms with Crippen LogP contribution < -0.4 is 10.6 Å². The molecule has 0 aromatic heterocycles. The van der Waals surface area contributed by atoms with E-state index in [0.29, 0.717) is 0 Å². The summed E-state index contributed by atoms with van der Waals surface area (Å²) in [6, 6.07) is 0.141. The van der Waals surface area contributed by atoms with Gasteiger partial charge in [-0.15, -0.1) is 12.4 Å². The zero-order valence-corrected chi connectivity index (χ0v) is 14.6. The maximum absolute atomic E-state index is 12.6. The van der Waals surface area contributed by atoms with Gasteiger partial charge in [0.25, 0.3) is 5.91 Å². The summed E-state index contributed by atoms with van der Waals surface area (Å²) < 4.78 is 11.2. The monoisotopic (exact) mass is 320 g/mol. The standard InChI is InChI=1S/C15H28N2O3.ClH/c1-13(2)11(10-14(13,3)19-4)17-12(18)15(20-5)6-8-16-9-7-15;/h11,16H,6-10H2,1-5H3,(H,17,18);1H. The Labute approximate surface area is 133 Å². The highest BCUT2D eigenvalue weighted by atomic mass is 35.5. The van der Waals surface area contributed by atoms with E-state index in [-0.39, 0.29) is 35.4 Å². The molecule has 6 heteroatoms. The first kappa shape index (κ1) is 18.7. The number of nitrogens with one attached hydrogen (secondary N) is 2. The van der Waals surface area contributed by atoms with Crippen molar-refractivity contribution in [3.05, 3.63) is 0 Å². The molecule has 1 amide bonds. The Morgan fingerprint density at radius 2 is 1.71 bits per heavy atom. The topological polar surface area (TPSA) is 59.6 Å². The molecule has 0 aromatic carbocycles. The molecule has 21 heavy (non-hydrogen) atoms. The lowest BCUT2D eigenvalue weighted by atomic mass is 9.55. The molecule has 0 spiro atoms. The van der Waals surface area contributed by atoms with Crippen LogP contribution in [-0.2, 0) is 14.3 Å². The summed E-state index contributed by atoms with van der Waals surface area (Å²) in [4.78, 5) is 12.6. The van der Waals surface area contributed by atoms with E-state index < -0.39 is 5.60 Å². The van der Waals surface area contributed by atoms with Crippen LogP contribution in [0.3, 0.4) is 0 Å². The zero-order valence-electron chi connectivity index (χ0n) is 13.7. The first-order chi connectivity index (χ1) is 9.31. The van der Waals surface area contributed by atoms with Crippen molar-refractivity contribution < 1.29 is 14.3 Å². The van der Waals surface area contributed by atoms with Gasteiger partial charge in [-0.2, -0.15) is 0 Å². The van der Waals surface area contributed by atoms with Gasteiger partial charge in [-0.1, -0.05) is 13.8 Å². The summed E-state index contributed by atoms with van der Waals surface area (Å²) in [6.45, 7) is 8.04. The van der Waals surface area contributed by atoms with Crippen LogP contribution in [-0.4, -0.2) is 50.5 Å². The third kappa shape index (κ3) is 2.93. The van der Waals surface area contributed by atoms with Gasteiger partial charge < -0.3 is 20.1 Å². The van der Waals surface area contributed by atoms with Gasteiger partial charge in [0.05, 0.1) is 5.60 Å². The Morgan fingerprint density at radius 1 is 1.14 bits per heavy atom. The Bertz CT molecular complexity index is 383. The summed E-state index contributed by atoms with van der Waals surface area (Å²) in [5.74, 6) is 0.0257. The molecule has 1 saturated carbocycles. The van der Waals surface area contributed by atoms with E-state index in [1.165, 1.54) is 0 Å². The number of amides is 1. The molecule has 0 bridgehead atoms. The molecule has 5 nitrogen and oxygen atoms in total. The predicted octanol–water partition coefficient (Wildman–Crippen LogP) is 1.50. The summed E-state index contributed by atoms with van der Waals surface area (Å²) in [5, 5.41) is 6.45. The lowest BCUT2D eigenvalue weighted by molar-refractivity contribution is -0.187. The van der Waals surface area contributed by atoms with E-state index in [0.717, 1.165) is 32.4 Å². The number of hydrogen-bond acceptors (Lipinski definition) is 4. The van der Waals surface area contributed by atoms with Crippen LogP contribution >= 0.6 is 12.4 Å². The lowest BCUT2D eigenvalue weighted by Gasteiger charge is -2.59. The number of piperidine rings is 1. The number of halogens is 1. The SMILES string of the molecule is COC1(C(=O)NC2CC(C)(OC)C2(C)C)CCNCC1.Cl. The van der Waals surface area contributed by atoms with Crippen molar-refractivity contribution in [2.45, 2.75) is 57.3 Å². The average Bonchev–Trinajstić information content (AvgIpc) is 2.46. The first-order valence-corrected chi connectivity index (χ1v) is 7.43. The van der Waals surface area contributed by atoms with Crippen LogP contribution in [0.1, 0.15) is 40.0 Å². The molecule has 1 aliphatic heterocycles. The Kier molecular flexibility index (Phi) is 5.70. The molecular weight excluding hydrogens is 292 g/mol. The molecule has 0 radical (unpaired) electrons. The van der Waals surface area contributed by atoms with E-state index in [2.05, 4.69) is 31.4 Å². The molecule has 1 aliphatic carbocycles. The van der Waals surface area contributed by atoms with Crippen LogP contribution in [0, 0.1) is 5.41 Å². The van der Waals surface area contributed by atoms with Crippen molar-refractivity contribution >= 4 is 18.3 Å². The zero-order chi connectivity index (χ0) is 15.0. The van der Waals surface area contributed by atoms with Crippen molar-refractivity contribution in [3.63, 3.8) is 0 Å². The van der Waals surface area contributed by atoms with Gasteiger partial charge in [0, 0.05) is 25.7 Å². The predicted molar refractivity (Wildman–Crippen MR) is 84.8 cm³/mol. The number of rotatable bonds is 4. The largest absolute Gasteiger partial charge is 0.378 e. The van der Waals surface area contributed by atoms with Gasteiger partial charge in [-0.3, -0.25) is 4.79 Å². The minimum Gasteiger partial charge on any atom is -0.378 e. The molecule has 2 fully saturated rings. The highest BCUT2D eigenvalue weighted by Gasteiger charge is 2.59. The van der Waals surface area contributed by atoms with Crippen molar-refractivity contribution in [3.8, 4) is 0 Å². The average molecular weight is 321 g/mol. The van der Waals surface area contributed by atoms with Crippen molar-refractivity contribution in [1.82, 2.24) is 10.6 Å². The maximum atomic E-state index is 12.6. The van der Waals surface area contributed by atoms with Crippen molar-refractivity contribution in [2.24, 2.45) is 5.41 Å². The Hall–Kier alpha value is -0.360. The van der Waals surface area contributed by atoms with Crippen molar-refractivity contribution in [1.29, 1.82) is 0 Å². The van der Waals surface area contributed by atoms with Gasteiger partial charge >= 0.3 is 0 Å². The second-order valence-electron chi connectivity index (χ2n) is 6.84. The van der Waals surface area contributed by atoms with Gasteiger partial charge in [0.15, 0.2) is 0 Å². The summed E-state index contributed by atoms with van der Waals surface area (Å²) >= 11 is 0. The quantitative estimate of drug-likeness (QED) is 0.824. The lowest BCUT2D eigenvalue weighted by Crippen LogP contribution is -2.70. The molecule has 2 rings (SSSR count). The summed E-state index contributed by atoms with van der Waals surface area (Å²) in [5.41, 5.74) is -0.904. The van der Waals surface area contributed by atoms with E-state index in [9.17, 15) is 4.79 Å². The third-order valence-corrected chi connectivity index (χ3v) is 5.80. The van der Waals surface area contributed by atoms with E-state index in [1.807, 2.05) is 0 Å². The van der Waals surface area contributed by atoms with Gasteiger partial charge in [0.2, 0.25) is 0 Å². The number of carbonyl (C=O) groups is 1. The Balaban J connectivity index is 0.00000220. The third-order valence-electron chi connectivity index (χ3n) is 5.80. The fourth-order valence-corrected chi connectivity index (χ4v) is 3.37. The number of methoxy groups -OCH3 is 2. The molecule has 1 saturated heterocycles. The molecule has 0 aromatic rings. The fourth-order valence-electron chi connectivity index (χ4n) is 3.37. The highest BCUT2D eigenvalue weighted by Crippen LogP contribution is 2.51. The summed E-state index contributed by atoms with van der Waals surface area (Å²) in [7, 11) is 3.37. The molecule has 2 unspecified atom stereocenters. The van der Waals surface area contributed by atoms with Crippen LogP contribution in [0.5, 0.6) is 0 Å². The van der Waals surface area contributed by atoms with Crippen LogP contribution in [0.15, 0.2) is 0 Å². The molecular formula is C15H29ClN2O3. The molecule has 2 aliphatic rings. The van der Waals surface area contributed by atoms with E-state index in [4.69, 9.17) is 9.47 Å². The van der Waals surface area contributed by atoms with Gasteiger partial charge in [-0.25, -0.2) is 0 Å². The smallest absolute Gasteiger partial charge is 0.252 e. The van der Waals surface area contributed by atoms with Crippen LogP contribution in [0.2, 0.25) is 0 Å². The van der Waals surface area contributed by atoms with E-state index in [1.54, 1.807) is 14.2 Å². The summed E-state index contributed by atoms with van der Waals surface area (Å²) in [6.07, 6.45) is 2.30. The normalized spacial score (nSPS) is 33.5. The highest BCUT2D eigenvalue weighted by molar-refractivity contribution is 5.86. The minimum absolute atomic E-state index is 0. The first-order valence-electron chi connectivity index (χ1n) is 7.43. The number of carbonyl (C=O) groups excluding carboxylic acids is 1.